The van der Waals surface area contributed by atoms with Crippen molar-refractivity contribution in [3.8, 4) is 5.75 Å². The molecule has 0 saturated heterocycles. The normalized spacial score (nSPS) is 13.1. The third-order valence-corrected chi connectivity index (χ3v) is 4.16. The average Bonchev–Trinajstić information content (AvgIpc) is 2.67. The number of hydrogen-bond donors (Lipinski definition) is 1. The Bertz CT molecular complexity index is 860. The lowest BCUT2D eigenvalue weighted by Crippen LogP contribution is -2.28. The van der Waals surface area contributed by atoms with E-state index in [2.05, 4.69) is 4.99 Å². The topological polar surface area (TPSA) is 58.9 Å². The first kappa shape index (κ1) is 20.6. The van der Waals surface area contributed by atoms with E-state index in [0.717, 1.165) is 11.8 Å². The summed E-state index contributed by atoms with van der Waals surface area (Å²) in [7, 11) is 1.48. The Morgan fingerprint density at radius 1 is 1.07 bits per heavy atom. The third kappa shape index (κ3) is 5.13. The van der Waals surface area contributed by atoms with Crippen LogP contribution in [0.1, 0.15) is 5.56 Å². The van der Waals surface area contributed by atoms with Crippen LogP contribution < -0.4 is 4.74 Å². The van der Waals surface area contributed by atoms with Crippen molar-refractivity contribution in [1.82, 2.24) is 0 Å². The van der Waals surface area contributed by atoms with E-state index in [-0.39, 0.29) is 10.6 Å². The molecule has 0 radical (unpaired) electrons. The number of alkyl halides is 3. The van der Waals surface area contributed by atoms with E-state index in [9.17, 15) is 23.1 Å². The van der Waals surface area contributed by atoms with Crippen molar-refractivity contribution >= 4 is 34.0 Å². The summed E-state index contributed by atoms with van der Waals surface area (Å²) in [6.07, 6.45) is -3.68. The minimum Gasteiger partial charge on any atom is -0.506 e. The standard InChI is InChI=1S/C19H16F3NO3S/c1-26-14-10-8-13(9-11-14)23-18(27-2)15(17(25)19(20,21)22)16(24)12-6-4-3-5-7-12/h3-11,24H,1-2H3/b16-15-,23-18?. The van der Waals surface area contributed by atoms with E-state index < -0.39 is 23.3 Å². The van der Waals surface area contributed by atoms with Crippen molar-refractivity contribution in [2.45, 2.75) is 6.18 Å². The van der Waals surface area contributed by atoms with Gasteiger partial charge in [-0.25, -0.2) is 4.99 Å². The molecule has 0 amide bonds. The van der Waals surface area contributed by atoms with Crippen molar-refractivity contribution in [1.29, 1.82) is 0 Å². The molecule has 8 heteroatoms. The Balaban J connectivity index is 2.62. The van der Waals surface area contributed by atoms with Gasteiger partial charge in [-0.1, -0.05) is 30.3 Å². The molecule has 27 heavy (non-hydrogen) atoms. The zero-order valence-corrected chi connectivity index (χ0v) is 15.3. The maximum atomic E-state index is 13.1. The first-order valence-electron chi connectivity index (χ1n) is 7.65. The van der Waals surface area contributed by atoms with Gasteiger partial charge in [-0.2, -0.15) is 13.2 Å². The molecule has 2 aromatic carbocycles. The molecular formula is C19H16F3NO3S. The van der Waals surface area contributed by atoms with Gasteiger partial charge in [0.05, 0.1) is 12.8 Å². The maximum absolute atomic E-state index is 13.1. The van der Waals surface area contributed by atoms with Crippen LogP contribution in [0.3, 0.4) is 0 Å². The molecule has 0 heterocycles. The number of rotatable bonds is 5. The molecule has 2 aromatic rings. The van der Waals surface area contributed by atoms with Crippen LogP contribution in [0, 0.1) is 0 Å². The van der Waals surface area contributed by atoms with E-state index >= 15 is 0 Å². The zero-order chi connectivity index (χ0) is 20.0. The minimum absolute atomic E-state index is 0.0848. The van der Waals surface area contributed by atoms with Crippen LogP contribution in [0.25, 0.3) is 5.76 Å². The highest BCUT2D eigenvalue weighted by atomic mass is 32.2. The Labute approximate surface area is 158 Å². The number of thioether (sulfide) groups is 1. The van der Waals surface area contributed by atoms with Crippen LogP contribution in [0.5, 0.6) is 5.75 Å². The monoisotopic (exact) mass is 395 g/mol. The number of Topliss-reactive ketones (excluding diaryl/α,β-unsaturated/α-hetero) is 1. The Hall–Kier alpha value is -2.74. The molecule has 0 atom stereocenters. The van der Waals surface area contributed by atoms with Crippen molar-refractivity contribution in [2.24, 2.45) is 4.99 Å². The molecule has 0 aliphatic heterocycles. The molecule has 0 bridgehead atoms. The van der Waals surface area contributed by atoms with Gasteiger partial charge in [-0.05, 0) is 30.5 Å². The smallest absolute Gasteiger partial charge is 0.455 e. The number of aliphatic hydroxyl groups is 1. The van der Waals surface area contributed by atoms with Crippen molar-refractivity contribution in [2.75, 3.05) is 13.4 Å². The fraction of sp³-hybridized carbons (Fsp3) is 0.158. The molecule has 0 aliphatic carbocycles. The van der Waals surface area contributed by atoms with Gasteiger partial charge < -0.3 is 9.84 Å². The van der Waals surface area contributed by atoms with Gasteiger partial charge in [0.15, 0.2) is 0 Å². The molecule has 0 fully saturated rings. The van der Waals surface area contributed by atoms with E-state index in [1.165, 1.54) is 37.6 Å². The first-order chi connectivity index (χ1) is 12.8. The minimum atomic E-state index is -5.16. The number of carbonyl (C=O) groups excluding carboxylic acids is 1. The van der Waals surface area contributed by atoms with E-state index in [0.29, 0.717) is 11.4 Å². The van der Waals surface area contributed by atoms with Gasteiger partial charge in [0, 0.05) is 5.56 Å². The highest BCUT2D eigenvalue weighted by Gasteiger charge is 2.44. The summed E-state index contributed by atoms with van der Waals surface area (Å²) in [5.41, 5.74) is -0.493. The molecule has 1 N–H and O–H groups in total. The predicted octanol–water partition coefficient (Wildman–Crippen LogP) is 5.19. The number of methoxy groups -OCH3 is 1. The second-order valence-corrected chi connectivity index (χ2v) is 6.03. The predicted molar refractivity (Wildman–Crippen MR) is 101 cm³/mol. The largest absolute Gasteiger partial charge is 0.506 e. The van der Waals surface area contributed by atoms with Gasteiger partial charge in [-0.15, -0.1) is 11.8 Å². The molecule has 0 saturated carbocycles. The summed E-state index contributed by atoms with van der Waals surface area (Å²) in [6.45, 7) is 0. The maximum Gasteiger partial charge on any atom is 0.455 e. The SMILES string of the molecule is COc1ccc(N=C(SC)/C(C(=O)C(F)(F)F)=C(\O)c2ccccc2)cc1. The molecule has 142 valence electrons. The number of benzene rings is 2. The van der Waals surface area contributed by atoms with E-state index in [1.54, 1.807) is 30.3 Å². The number of ether oxygens (including phenoxy) is 1. The highest BCUT2D eigenvalue weighted by Crippen LogP contribution is 2.31. The summed E-state index contributed by atoms with van der Waals surface area (Å²) in [4.78, 5) is 16.1. The molecule has 0 spiro atoms. The molecule has 0 aromatic heterocycles. The summed E-state index contributed by atoms with van der Waals surface area (Å²) in [6, 6.07) is 13.8. The van der Waals surface area contributed by atoms with Crippen molar-refractivity contribution < 1.29 is 27.8 Å². The van der Waals surface area contributed by atoms with E-state index in [4.69, 9.17) is 4.74 Å². The first-order valence-corrected chi connectivity index (χ1v) is 8.87. The number of halogens is 3. The summed E-state index contributed by atoms with van der Waals surface area (Å²) < 4.78 is 44.4. The lowest BCUT2D eigenvalue weighted by molar-refractivity contribution is -0.165. The van der Waals surface area contributed by atoms with Gasteiger partial charge in [0.1, 0.15) is 22.1 Å². The van der Waals surface area contributed by atoms with Crippen LogP contribution in [-0.2, 0) is 4.79 Å². The Morgan fingerprint density at radius 2 is 1.67 bits per heavy atom. The fourth-order valence-corrected chi connectivity index (χ4v) is 2.76. The van der Waals surface area contributed by atoms with Crippen LogP contribution >= 0.6 is 11.8 Å². The van der Waals surface area contributed by atoms with Gasteiger partial charge in [0.2, 0.25) is 0 Å². The average molecular weight is 395 g/mol. The van der Waals surface area contributed by atoms with Crippen LogP contribution in [-0.4, -0.2) is 35.5 Å². The quantitative estimate of drug-likeness (QED) is 0.328. The Morgan fingerprint density at radius 3 is 2.15 bits per heavy atom. The third-order valence-electron chi connectivity index (χ3n) is 3.48. The lowest BCUT2D eigenvalue weighted by atomic mass is 10.0. The number of carbonyl (C=O) groups is 1. The number of aliphatic hydroxyl groups excluding tert-OH is 1. The zero-order valence-electron chi connectivity index (χ0n) is 14.4. The fourth-order valence-electron chi connectivity index (χ4n) is 2.17. The molecule has 0 unspecified atom stereocenters. The number of nitrogens with zero attached hydrogens (tertiary/aromatic N) is 1. The van der Waals surface area contributed by atoms with Gasteiger partial charge >= 0.3 is 6.18 Å². The molecule has 4 nitrogen and oxygen atoms in total. The summed E-state index contributed by atoms with van der Waals surface area (Å²) in [5.74, 6) is -2.39. The number of ketones is 1. The van der Waals surface area contributed by atoms with Gasteiger partial charge in [0.25, 0.3) is 5.78 Å². The van der Waals surface area contributed by atoms with E-state index in [1.807, 2.05) is 0 Å². The van der Waals surface area contributed by atoms with Crippen LogP contribution in [0.15, 0.2) is 65.2 Å². The summed E-state index contributed by atoms with van der Waals surface area (Å²) >= 11 is 0.830. The summed E-state index contributed by atoms with van der Waals surface area (Å²) in [5, 5.41) is 10.2. The Kier molecular flexibility index (Phi) is 6.68. The molecule has 0 aliphatic rings. The van der Waals surface area contributed by atoms with Crippen molar-refractivity contribution in [3.05, 3.63) is 65.7 Å². The highest BCUT2D eigenvalue weighted by molar-refractivity contribution is 8.14. The van der Waals surface area contributed by atoms with Crippen molar-refractivity contribution in [3.63, 3.8) is 0 Å². The molecule has 2 rings (SSSR count). The molecular weight excluding hydrogens is 379 g/mol. The number of hydrogen-bond acceptors (Lipinski definition) is 5. The second kappa shape index (κ2) is 8.77. The number of aliphatic imine (C=N–C) groups is 1. The van der Waals surface area contributed by atoms with Crippen LogP contribution in [0.2, 0.25) is 0 Å². The lowest BCUT2D eigenvalue weighted by Gasteiger charge is -2.13. The second-order valence-electron chi connectivity index (χ2n) is 5.24. The van der Waals surface area contributed by atoms with Gasteiger partial charge in [-0.3, -0.25) is 4.79 Å². The van der Waals surface area contributed by atoms with Crippen LogP contribution in [0.4, 0.5) is 18.9 Å².